The summed E-state index contributed by atoms with van der Waals surface area (Å²) in [4.78, 5) is 10.9. The lowest BCUT2D eigenvalue weighted by molar-refractivity contribution is -0.143. The maximum Gasteiger partial charge on any atom is 0.303 e. The van der Waals surface area contributed by atoms with Gasteiger partial charge in [0.05, 0.1) is 6.07 Å². The first-order chi connectivity index (χ1) is 9.20. The van der Waals surface area contributed by atoms with Crippen molar-refractivity contribution in [1.82, 2.24) is 0 Å². The van der Waals surface area contributed by atoms with E-state index in [2.05, 4.69) is 18.8 Å². The second-order valence-electron chi connectivity index (χ2n) is 4.63. The summed E-state index contributed by atoms with van der Waals surface area (Å²) < 4.78 is 5.05. The van der Waals surface area contributed by atoms with Crippen LogP contribution >= 0.6 is 0 Å². The third-order valence-electron chi connectivity index (χ3n) is 2.74. The topological polar surface area (TPSA) is 50.1 Å². The fraction of sp³-hybridized carbons (Fsp3) is 0.750. The number of carbonyl (C=O) groups excluding carboxylic acids is 1. The second-order valence-corrected chi connectivity index (χ2v) is 4.63. The highest BCUT2D eigenvalue weighted by molar-refractivity contribution is 5.66. The summed E-state index contributed by atoms with van der Waals surface area (Å²) in [7, 11) is 0. The molecule has 0 unspecified atom stereocenters. The minimum atomic E-state index is -0.419. The van der Waals surface area contributed by atoms with Gasteiger partial charge in [0.2, 0.25) is 0 Å². The molecule has 0 aliphatic rings. The Balaban J connectivity index is 3.79. The average Bonchev–Trinajstić information content (AvgIpc) is 2.38. The van der Waals surface area contributed by atoms with Gasteiger partial charge >= 0.3 is 5.97 Å². The normalized spacial score (nSPS) is 11.0. The lowest BCUT2D eigenvalue weighted by Crippen LogP contribution is -2.13. The van der Waals surface area contributed by atoms with E-state index in [1.807, 2.05) is 6.07 Å². The Kier molecular flexibility index (Phi) is 12.0. The quantitative estimate of drug-likeness (QED) is 0.359. The SMILES string of the molecule is CCCCCCCCC#C[C@@H](CCC#N)OC(C)=O. The van der Waals surface area contributed by atoms with Crippen LogP contribution in [0.15, 0.2) is 0 Å². The average molecular weight is 263 g/mol. The van der Waals surface area contributed by atoms with Gasteiger partial charge in [-0.1, -0.05) is 50.9 Å². The van der Waals surface area contributed by atoms with Crippen LogP contribution in [0.4, 0.5) is 0 Å². The molecule has 3 nitrogen and oxygen atoms in total. The predicted octanol–water partition coefficient (Wildman–Crippen LogP) is 3.98. The number of nitriles is 1. The van der Waals surface area contributed by atoms with Crippen molar-refractivity contribution in [3.05, 3.63) is 0 Å². The zero-order valence-corrected chi connectivity index (χ0v) is 12.2. The molecular formula is C16H25NO2. The van der Waals surface area contributed by atoms with Crippen molar-refractivity contribution < 1.29 is 9.53 Å². The first-order valence-corrected chi connectivity index (χ1v) is 7.23. The number of carbonyl (C=O) groups is 1. The molecule has 0 fully saturated rings. The van der Waals surface area contributed by atoms with Crippen LogP contribution in [-0.2, 0) is 9.53 Å². The Bertz CT molecular complexity index is 333. The smallest absolute Gasteiger partial charge is 0.303 e. The fourth-order valence-electron chi connectivity index (χ4n) is 1.74. The minimum absolute atomic E-state index is 0.336. The molecule has 0 aliphatic carbocycles. The molecule has 1 atom stereocenters. The van der Waals surface area contributed by atoms with Crippen LogP contribution in [0.2, 0.25) is 0 Å². The van der Waals surface area contributed by atoms with Crippen molar-refractivity contribution in [2.75, 3.05) is 0 Å². The van der Waals surface area contributed by atoms with Crippen molar-refractivity contribution >= 4 is 5.97 Å². The van der Waals surface area contributed by atoms with E-state index >= 15 is 0 Å². The summed E-state index contributed by atoms with van der Waals surface area (Å²) in [5, 5.41) is 8.52. The summed E-state index contributed by atoms with van der Waals surface area (Å²) >= 11 is 0. The van der Waals surface area contributed by atoms with Gasteiger partial charge in [-0.3, -0.25) is 4.79 Å². The van der Waals surface area contributed by atoms with Crippen LogP contribution in [0, 0.1) is 23.2 Å². The Morgan fingerprint density at radius 3 is 2.47 bits per heavy atom. The summed E-state index contributed by atoms with van der Waals surface area (Å²) in [6.45, 7) is 3.58. The van der Waals surface area contributed by atoms with E-state index in [1.54, 1.807) is 0 Å². The lowest BCUT2D eigenvalue weighted by atomic mass is 10.1. The minimum Gasteiger partial charge on any atom is -0.449 e. The van der Waals surface area contributed by atoms with Crippen LogP contribution in [0.3, 0.4) is 0 Å². The number of ether oxygens (including phenoxy) is 1. The molecule has 19 heavy (non-hydrogen) atoms. The maximum atomic E-state index is 10.9. The third kappa shape index (κ3) is 12.8. The Labute approximate surface area is 117 Å². The van der Waals surface area contributed by atoms with E-state index in [1.165, 1.54) is 39.0 Å². The van der Waals surface area contributed by atoms with Crippen molar-refractivity contribution in [2.45, 2.75) is 77.7 Å². The van der Waals surface area contributed by atoms with Crippen molar-refractivity contribution in [1.29, 1.82) is 5.26 Å². The highest BCUT2D eigenvalue weighted by atomic mass is 16.5. The highest BCUT2D eigenvalue weighted by Gasteiger charge is 2.07. The van der Waals surface area contributed by atoms with E-state index in [4.69, 9.17) is 10.00 Å². The van der Waals surface area contributed by atoms with Gasteiger partial charge in [0.1, 0.15) is 0 Å². The van der Waals surface area contributed by atoms with E-state index in [9.17, 15) is 4.79 Å². The number of unbranched alkanes of at least 4 members (excludes halogenated alkanes) is 6. The van der Waals surface area contributed by atoms with E-state index in [-0.39, 0.29) is 5.97 Å². The number of rotatable bonds is 9. The second kappa shape index (κ2) is 13.0. The van der Waals surface area contributed by atoms with Gasteiger partial charge in [-0.25, -0.2) is 0 Å². The van der Waals surface area contributed by atoms with Crippen molar-refractivity contribution in [2.24, 2.45) is 0 Å². The van der Waals surface area contributed by atoms with Crippen molar-refractivity contribution in [3.63, 3.8) is 0 Å². The van der Waals surface area contributed by atoms with Crippen LogP contribution in [0.1, 0.15) is 71.6 Å². The molecule has 0 aromatic heterocycles. The first kappa shape index (κ1) is 17.5. The van der Waals surface area contributed by atoms with Crippen LogP contribution in [0.25, 0.3) is 0 Å². The standard InChI is InChI=1S/C16H25NO2/c1-3-4-5-6-7-8-9-10-12-16(13-11-14-17)19-15(2)18/h16H,3-9,11,13H2,1-2H3/t16-/m0/s1. The van der Waals surface area contributed by atoms with Gasteiger partial charge < -0.3 is 4.74 Å². The Morgan fingerprint density at radius 2 is 1.84 bits per heavy atom. The van der Waals surface area contributed by atoms with Gasteiger partial charge in [-0.15, -0.1) is 0 Å². The Morgan fingerprint density at radius 1 is 1.16 bits per heavy atom. The zero-order valence-electron chi connectivity index (χ0n) is 12.2. The van der Waals surface area contributed by atoms with E-state index in [0.29, 0.717) is 12.8 Å². The fourth-order valence-corrected chi connectivity index (χ4v) is 1.74. The molecule has 0 heterocycles. The zero-order chi connectivity index (χ0) is 14.3. The Hall–Kier alpha value is -1.48. The molecule has 0 aromatic rings. The third-order valence-corrected chi connectivity index (χ3v) is 2.74. The molecule has 0 aliphatic heterocycles. The monoisotopic (exact) mass is 263 g/mol. The number of nitrogens with zero attached hydrogens (tertiary/aromatic N) is 1. The lowest BCUT2D eigenvalue weighted by Gasteiger charge is -2.08. The highest BCUT2D eigenvalue weighted by Crippen LogP contribution is 2.07. The number of hydrogen-bond donors (Lipinski definition) is 0. The van der Waals surface area contributed by atoms with Crippen LogP contribution < -0.4 is 0 Å². The van der Waals surface area contributed by atoms with E-state index in [0.717, 1.165) is 12.8 Å². The molecule has 106 valence electrons. The van der Waals surface area contributed by atoms with Gasteiger partial charge in [0.15, 0.2) is 6.10 Å². The maximum absolute atomic E-state index is 10.9. The molecule has 0 radical (unpaired) electrons. The van der Waals surface area contributed by atoms with Crippen LogP contribution in [0.5, 0.6) is 0 Å². The van der Waals surface area contributed by atoms with E-state index < -0.39 is 6.10 Å². The summed E-state index contributed by atoms with van der Waals surface area (Å²) in [5.41, 5.74) is 0. The molecule has 0 aromatic carbocycles. The van der Waals surface area contributed by atoms with Gasteiger partial charge in [-0.2, -0.15) is 5.26 Å². The summed E-state index contributed by atoms with van der Waals surface area (Å²) in [6, 6.07) is 2.04. The molecule has 0 rings (SSSR count). The molecule has 0 saturated carbocycles. The molecule has 0 saturated heterocycles. The largest absolute Gasteiger partial charge is 0.449 e. The van der Waals surface area contributed by atoms with Crippen molar-refractivity contribution in [3.8, 4) is 17.9 Å². The van der Waals surface area contributed by atoms with Gasteiger partial charge in [0, 0.05) is 26.2 Å². The number of hydrogen-bond acceptors (Lipinski definition) is 3. The predicted molar refractivity (Wildman–Crippen MR) is 76.2 cm³/mol. The summed E-state index contributed by atoms with van der Waals surface area (Å²) in [5.74, 6) is 5.66. The van der Waals surface area contributed by atoms with Gasteiger partial charge in [0.25, 0.3) is 0 Å². The molecule has 0 bridgehead atoms. The molecule has 0 N–H and O–H groups in total. The first-order valence-electron chi connectivity index (χ1n) is 7.23. The van der Waals surface area contributed by atoms with Gasteiger partial charge in [-0.05, 0) is 6.42 Å². The molecule has 0 spiro atoms. The van der Waals surface area contributed by atoms with Crippen LogP contribution in [-0.4, -0.2) is 12.1 Å². The summed E-state index contributed by atoms with van der Waals surface area (Å²) in [6.07, 6.45) is 8.76. The molecule has 0 amide bonds. The molecular weight excluding hydrogens is 238 g/mol. The number of esters is 1. The molecule has 3 heteroatoms.